The van der Waals surface area contributed by atoms with Gasteiger partial charge in [-0.25, -0.2) is 22.5 Å². The summed E-state index contributed by atoms with van der Waals surface area (Å²) in [6.45, 7) is 0. The number of nitrogens with zero attached hydrogens (tertiary/aromatic N) is 1. The molecule has 0 bridgehead atoms. The summed E-state index contributed by atoms with van der Waals surface area (Å²) in [4.78, 5) is 20.6. The van der Waals surface area contributed by atoms with Crippen molar-refractivity contribution in [3.63, 3.8) is 0 Å². The van der Waals surface area contributed by atoms with Gasteiger partial charge in [0.1, 0.15) is 0 Å². The van der Waals surface area contributed by atoms with E-state index in [1.165, 1.54) is 0 Å². The van der Waals surface area contributed by atoms with Crippen LogP contribution in [0.3, 0.4) is 0 Å². The lowest BCUT2D eigenvalue weighted by Crippen LogP contribution is -2.68. The third kappa shape index (κ3) is 2.24. The van der Waals surface area contributed by atoms with E-state index >= 15 is 0 Å². The fraction of sp³-hybridized carbons (Fsp3) is 0.778. The van der Waals surface area contributed by atoms with Crippen molar-refractivity contribution in [2.75, 3.05) is 0 Å². The van der Waals surface area contributed by atoms with Crippen LogP contribution in [0, 0.1) is 5.41 Å². The molecule has 1 saturated heterocycles. The van der Waals surface area contributed by atoms with E-state index in [-0.39, 0.29) is 0 Å². The van der Waals surface area contributed by atoms with Gasteiger partial charge in [-0.2, -0.15) is 22.0 Å². The third-order valence-electron chi connectivity index (χ3n) is 2.99. The Labute approximate surface area is 110 Å². The van der Waals surface area contributed by atoms with Crippen molar-refractivity contribution in [2.24, 2.45) is 5.41 Å². The smallest absolute Gasteiger partial charge is 0.274 e. The van der Waals surface area contributed by atoms with Crippen LogP contribution in [0.25, 0.3) is 0 Å². The van der Waals surface area contributed by atoms with Crippen LogP contribution >= 0.6 is 0 Å². The highest BCUT2D eigenvalue weighted by atomic mass is 19.4. The maximum Gasteiger partial charge on any atom is 0.413 e. The number of hydrogen-bond acceptors (Lipinski definition) is 2. The van der Waals surface area contributed by atoms with Gasteiger partial charge in [0, 0.05) is 12.8 Å². The Bertz CT molecular complexity index is 421. The largest absolute Gasteiger partial charge is 0.413 e. The van der Waals surface area contributed by atoms with Crippen LogP contribution in [0.5, 0.6) is 0 Å². The zero-order chi connectivity index (χ0) is 16.8. The number of amides is 2. The van der Waals surface area contributed by atoms with Gasteiger partial charge < -0.3 is 0 Å². The van der Waals surface area contributed by atoms with Crippen molar-refractivity contribution >= 4 is 11.8 Å². The van der Waals surface area contributed by atoms with Crippen molar-refractivity contribution in [3.05, 3.63) is 0 Å². The molecule has 0 aliphatic carbocycles. The van der Waals surface area contributed by atoms with Crippen molar-refractivity contribution in [3.8, 4) is 0 Å². The summed E-state index contributed by atoms with van der Waals surface area (Å²) in [6, 6.07) is -6.13. The second kappa shape index (κ2) is 5.05. The summed E-state index contributed by atoms with van der Waals surface area (Å²) in [7, 11) is 0. The van der Waals surface area contributed by atoms with Gasteiger partial charge >= 0.3 is 12.2 Å². The van der Waals surface area contributed by atoms with Crippen LogP contribution in [0.2, 0.25) is 0 Å². The lowest BCUT2D eigenvalue weighted by molar-refractivity contribution is -0.391. The Kier molecular flexibility index (Phi) is 4.23. The Hall–Kier alpha value is -1.49. The van der Waals surface area contributed by atoms with Crippen LogP contribution < -0.4 is 0 Å². The average molecular weight is 331 g/mol. The van der Waals surface area contributed by atoms with E-state index in [0.29, 0.717) is 0 Å². The van der Waals surface area contributed by atoms with Crippen LogP contribution in [0.4, 0.5) is 39.5 Å². The Balaban J connectivity index is 3.58. The number of alkyl halides is 9. The summed E-state index contributed by atoms with van der Waals surface area (Å²) in [5, 5.41) is 0. The maximum absolute atomic E-state index is 13.8. The van der Waals surface area contributed by atoms with Crippen LogP contribution in [-0.4, -0.2) is 41.8 Å². The summed E-state index contributed by atoms with van der Waals surface area (Å²) < 4.78 is 116. The molecule has 3 nitrogen and oxygen atoms in total. The SMILES string of the molecule is O=C1CCC(=O)N1C(F)(F)C(C(F)F)(C(F)F)C(F)(F)F. The van der Waals surface area contributed by atoms with Crippen LogP contribution in [0.1, 0.15) is 12.8 Å². The molecular formula is C9H6F9NO2. The van der Waals surface area contributed by atoms with Gasteiger partial charge in [-0.1, -0.05) is 0 Å². The highest BCUT2D eigenvalue weighted by molar-refractivity contribution is 6.02. The van der Waals surface area contributed by atoms with Gasteiger partial charge in [0.05, 0.1) is 0 Å². The molecule has 12 heteroatoms. The Morgan fingerprint density at radius 2 is 1.14 bits per heavy atom. The van der Waals surface area contributed by atoms with Crippen molar-refractivity contribution < 1.29 is 49.1 Å². The van der Waals surface area contributed by atoms with Crippen molar-refractivity contribution in [2.45, 2.75) is 37.9 Å². The molecular weight excluding hydrogens is 325 g/mol. The van der Waals surface area contributed by atoms with E-state index in [9.17, 15) is 49.1 Å². The van der Waals surface area contributed by atoms with Gasteiger partial charge in [-0.3, -0.25) is 9.59 Å². The number of carbonyl (C=O) groups excluding carboxylic acids is 2. The van der Waals surface area contributed by atoms with Crippen molar-refractivity contribution in [1.82, 2.24) is 4.90 Å². The Morgan fingerprint density at radius 1 is 0.810 bits per heavy atom. The number of hydrogen-bond donors (Lipinski definition) is 0. The summed E-state index contributed by atoms with van der Waals surface area (Å²) in [6.07, 6.45) is -19.3. The monoisotopic (exact) mass is 331 g/mol. The number of halogens is 9. The first-order valence-corrected chi connectivity index (χ1v) is 5.18. The van der Waals surface area contributed by atoms with Crippen LogP contribution in [0.15, 0.2) is 0 Å². The molecule has 0 radical (unpaired) electrons. The molecule has 0 aromatic rings. The molecule has 1 fully saturated rings. The standard InChI is InChI=1S/C9H6F9NO2/c10-5(11)7(6(12)13,8(14,15)16)9(17,18)19-3(20)1-2-4(19)21/h5-6H,1-2H2. The first kappa shape index (κ1) is 17.6. The summed E-state index contributed by atoms with van der Waals surface area (Å²) in [5.41, 5.74) is -6.16. The van der Waals surface area contributed by atoms with Crippen LogP contribution in [-0.2, 0) is 9.59 Å². The Morgan fingerprint density at radius 3 is 1.38 bits per heavy atom. The highest BCUT2D eigenvalue weighted by Crippen LogP contribution is 2.58. The molecule has 0 saturated carbocycles. The minimum atomic E-state index is -6.78. The van der Waals surface area contributed by atoms with E-state index in [1.54, 1.807) is 0 Å². The first-order valence-electron chi connectivity index (χ1n) is 5.18. The van der Waals surface area contributed by atoms with Gasteiger partial charge in [-0.15, -0.1) is 0 Å². The predicted molar refractivity (Wildman–Crippen MR) is 46.5 cm³/mol. The molecule has 21 heavy (non-hydrogen) atoms. The van der Waals surface area contributed by atoms with E-state index in [1.807, 2.05) is 0 Å². The molecule has 0 spiro atoms. The zero-order valence-electron chi connectivity index (χ0n) is 9.73. The van der Waals surface area contributed by atoms with Gasteiger partial charge in [0.15, 0.2) is 0 Å². The highest BCUT2D eigenvalue weighted by Gasteiger charge is 2.83. The molecule has 0 aromatic heterocycles. The van der Waals surface area contributed by atoms with E-state index in [4.69, 9.17) is 0 Å². The minimum absolute atomic E-state index is 0.977. The number of imide groups is 1. The van der Waals surface area contributed by atoms with Gasteiger partial charge in [0.2, 0.25) is 11.8 Å². The molecule has 1 aliphatic rings. The lowest BCUT2D eigenvalue weighted by atomic mass is 9.84. The zero-order valence-corrected chi connectivity index (χ0v) is 9.73. The number of likely N-dealkylation sites (tertiary alicyclic amines) is 1. The lowest BCUT2D eigenvalue weighted by Gasteiger charge is -2.42. The summed E-state index contributed by atoms with van der Waals surface area (Å²) in [5.74, 6) is -3.86. The molecule has 0 unspecified atom stereocenters. The molecule has 1 heterocycles. The topological polar surface area (TPSA) is 37.4 Å². The van der Waals surface area contributed by atoms with Gasteiger partial charge in [0.25, 0.3) is 18.3 Å². The molecule has 0 aromatic carbocycles. The fourth-order valence-electron chi connectivity index (χ4n) is 1.85. The molecule has 122 valence electrons. The van der Waals surface area contributed by atoms with E-state index in [2.05, 4.69) is 0 Å². The van der Waals surface area contributed by atoms with E-state index in [0.717, 1.165) is 0 Å². The van der Waals surface area contributed by atoms with E-state index < -0.39 is 60.0 Å². The molecule has 2 amide bonds. The minimum Gasteiger partial charge on any atom is -0.274 e. The normalized spacial score (nSPS) is 18.3. The average Bonchev–Trinajstić information content (AvgIpc) is 2.54. The second-order valence-corrected chi connectivity index (χ2v) is 4.13. The predicted octanol–water partition coefficient (Wildman–Crippen LogP) is 2.81. The summed E-state index contributed by atoms with van der Waals surface area (Å²) >= 11 is 0. The second-order valence-electron chi connectivity index (χ2n) is 4.13. The number of carbonyl (C=O) groups is 2. The maximum atomic E-state index is 13.8. The molecule has 1 rings (SSSR count). The van der Waals surface area contributed by atoms with Gasteiger partial charge in [-0.05, 0) is 0 Å². The first-order chi connectivity index (χ1) is 9.31. The fourth-order valence-corrected chi connectivity index (χ4v) is 1.85. The molecule has 0 atom stereocenters. The molecule has 1 aliphatic heterocycles. The molecule has 0 N–H and O–H groups in total. The van der Waals surface area contributed by atoms with Crippen molar-refractivity contribution in [1.29, 1.82) is 0 Å². The number of rotatable bonds is 4. The third-order valence-corrected chi connectivity index (χ3v) is 2.99. The quantitative estimate of drug-likeness (QED) is 0.451.